The SMILES string of the molecule is NOCCc1cc(CF)cc2c1OCCO2. The Morgan fingerprint density at radius 2 is 2.12 bits per heavy atom. The fourth-order valence-electron chi connectivity index (χ4n) is 1.72. The predicted octanol–water partition coefficient (Wildman–Crippen LogP) is 1.36. The van der Waals surface area contributed by atoms with E-state index in [4.69, 9.17) is 15.4 Å². The molecule has 2 N–H and O–H groups in total. The minimum absolute atomic E-state index is 0.367. The summed E-state index contributed by atoms with van der Waals surface area (Å²) in [6.45, 7) is 0.854. The summed E-state index contributed by atoms with van der Waals surface area (Å²) in [5.41, 5.74) is 1.45. The number of alkyl halides is 1. The second-order valence-corrected chi connectivity index (χ2v) is 3.53. The van der Waals surface area contributed by atoms with E-state index in [-0.39, 0.29) is 0 Å². The van der Waals surface area contributed by atoms with E-state index < -0.39 is 6.67 Å². The minimum atomic E-state index is -0.521. The van der Waals surface area contributed by atoms with Gasteiger partial charge in [-0.1, -0.05) is 0 Å². The van der Waals surface area contributed by atoms with Gasteiger partial charge < -0.3 is 14.3 Å². The molecular formula is C11H14FNO3. The molecule has 0 bridgehead atoms. The van der Waals surface area contributed by atoms with Crippen LogP contribution in [0.15, 0.2) is 12.1 Å². The summed E-state index contributed by atoms with van der Waals surface area (Å²) in [5, 5.41) is 0. The number of ether oxygens (including phenoxy) is 2. The molecule has 0 spiro atoms. The van der Waals surface area contributed by atoms with Crippen LogP contribution in [0.25, 0.3) is 0 Å². The summed E-state index contributed by atoms with van der Waals surface area (Å²) in [7, 11) is 0. The lowest BCUT2D eigenvalue weighted by atomic mass is 10.1. The van der Waals surface area contributed by atoms with Gasteiger partial charge in [0.15, 0.2) is 11.5 Å². The Hall–Kier alpha value is -1.33. The Balaban J connectivity index is 2.31. The van der Waals surface area contributed by atoms with Crippen molar-refractivity contribution in [1.29, 1.82) is 0 Å². The molecule has 0 saturated carbocycles. The van der Waals surface area contributed by atoms with Crippen molar-refractivity contribution in [1.82, 2.24) is 0 Å². The third-order valence-electron chi connectivity index (χ3n) is 2.42. The molecule has 16 heavy (non-hydrogen) atoms. The predicted molar refractivity (Wildman–Crippen MR) is 56.1 cm³/mol. The summed E-state index contributed by atoms with van der Waals surface area (Å²) in [5.74, 6) is 6.26. The lowest BCUT2D eigenvalue weighted by Gasteiger charge is -2.21. The van der Waals surface area contributed by atoms with E-state index in [0.717, 1.165) is 5.56 Å². The molecular weight excluding hydrogens is 213 g/mol. The Labute approximate surface area is 93.1 Å². The summed E-state index contributed by atoms with van der Waals surface area (Å²) in [6.07, 6.45) is 0.579. The van der Waals surface area contributed by atoms with Crippen molar-refractivity contribution in [3.8, 4) is 11.5 Å². The minimum Gasteiger partial charge on any atom is -0.486 e. The molecule has 1 aliphatic heterocycles. The molecule has 1 aliphatic rings. The zero-order chi connectivity index (χ0) is 11.4. The van der Waals surface area contributed by atoms with Gasteiger partial charge in [0.05, 0.1) is 6.61 Å². The molecule has 1 aromatic rings. The van der Waals surface area contributed by atoms with Crippen LogP contribution >= 0.6 is 0 Å². The van der Waals surface area contributed by atoms with Gasteiger partial charge in [-0.05, 0) is 17.7 Å². The Bertz CT molecular complexity index is 370. The van der Waals surface area contributed by atoms with E-state index in [0.29, 0.717) is 43.3 Å². The second-order valence-electron chi connectivity index (χ2n) is 3.53. The molecule has 0 aromatic heterocycles. The molecule has 0 saturated heterocycles. The summed E-state index contributed by atoms with van der Waals surface area (Å²) < 4.78 is 23.6. The first-order valence-electron chi connectivity index (χ1n) is 5.14. The third-order valence-corrected chi connectivity index (χ3v) is 2.42. The van der Waals surface area contributed by atoms with Crippen LogP contribution in [0, 0.1) is 0 Å². The molecule has 0 aliphatic carbocycles. The number of fused-ring (bicyclic) bond motifs is 1. The van der Waals surface area contributed by atoms with E-state index in [2.05, 4.69) is 4.84 Å². The van der Waals surface area contributed by atoms with Gasteiger partial charge >= 0.3 is 0 Å². The highest BCUT2D eigenvalue weighted by Crippen LogP contribution is 2.35. The number of hydrogen-bond donors (Lipinski definition) is 1. The number of halogens is 1. The van der Waals surface area contributed by atoms with Crippen molar-refractivity contribution in [2.45, 2.75) is 13.1 Å². The van der Waals surface area contributed by atoms with Crippen molar-refractivity contribution in [2.75, 3.05) is 19.8 Å². The first kappa shape index (κ1) is 11.2. The highest BCUT2D eigenvalue weighted by Gasteiger charge is 2.17. The van der Waals surface area contributed by atoms with E-state index in [1.807, 2.05) is 0 Å². The fourth-order valence-corrected chi connectivity index (χ4v) is 1.72. The number of benzene rings is 1. The van der Waals surface area contributed by atoms with Crippen LogP contribution in [0.4, 0.5) is 4.39 Å². The largest absolute Gasteiger partial charge is 0.486 e. The maximum atomic E-state index is 12.6. The van der Waals surface area contributed by atoms with Crippen LogP contribution in [-0.4, -0.2) is 19.8 Å². The van der Waals surface area contributed by atoms with Crippen LogP contribution in [0.3, 0.4) is 0 Å². The average Bonchev–Trinajstić information content (AvgIpc) is 2.35. The molecule has 88 valence electrons. The van der Waals surface area contributed by atoms with Gasteiger partial charge in [-0.2, -0.15) is 0 Å². The number of hydrogen-bond acceptors (Lipinski definition) is 4. The van der Waals surface area contributed by atoms with Crippen LogP contribution < -0.4 is 15.4 Å². The monoisotopic (exact) mass is 227 g/mol. The Morgan fingerprint density at radius 3 is 2.88 bits per heavy atom. The molecule has 4 nitrogen and oxygen atoms in total. The average molecular weight is 227 g/mol. The van der Waals surface area contributed by atoms with Crippen molar-refractivity contribution in [2.24, 2.45) is 5.90 Å². The highest BCUT2D eigenvalue weighted by molar-refractivity contribution is 5.50. The van der Waals surface area contributed by atoms with Gasteiger partial charge in [-0.25, -0.2) is 10.3 Å². The molecule has 5 heteroatoms. The first-order valence-corrected chi connectivity index (χ1v) is 5.14. The Kier molecular flexibility index (Phi) is 3.58. The molecule has 0 unspecified atom stereocenters. The van der Waals surface area contributed by atoms with E-state index in [9.17, 15) is 4.39 Å². The molecule has 1 aromatic carbocycles. The van der Waals surface area contributed by atoms with Crippen molar-refractivity contribution in [3.05, 3.63) is 23.3 Å². The first-order chi connectivity index (χ1) is 7.85. The van der Waals surface area contributed by atoms with Gasteiger partial charge in [0.1, 0.15) is 19.9 Å². The van der Waals surface area contributed by atoms with Crippen molar-refractivity contribution in [3.63, 3.8) is 0 Å². The lowest BCUT2D eigenvalue weighted by Crippen LogP contribution is -2.17. The molecule has 0 amide bonds. The van der Waals surface area contributed by atoms with E-state index >= 15 is 0 Å². The zero-order valence-corrected chi connectivity index (χ0v) is 8.87. The van der Waals surface area contributed by atoms with Crippen molar-refractivity contribution < 1.29 is 18.7 Å². The molecule has 0 atom stereocenters. The molecule has 0 radical (unpaired) electrons. The number of rotatable bonds is 4. The lowest BCUT2D eigenvalue weighted by molar-refractivity contribution is 0.137. The van der Waals surface area contributed by atoms with Gasteiger partial charge in [0, 0.05) is 12.0 Å². The zero-order valence-electron chi connectivity index (χ0n) is 8.87. The third kappa shape index (κ3) is 2.25. The van der Waals surface area contributed by atoms with Crippen LogP contribution in [-0.2, 0) is 17.9 Å². The standard InChI is InChI=1S/C11H14FNO3/c12-7-8-5-9(1-2-16-13)11-10(6-8)14-3-4-15-11/h5-6H,1-4,7,13H2. The summed E-state index contributed by atoms with van der Waals surface area (Å²) in [6, 6.07) is 3.42. The van der Waals surface area contributed by atoms with Gasteiger partial charge in [-0.15, -0.1) is 0 Å². The van der Waals surface area contributed by atoms with Crippen LogP contribution in [0.1, 0.15) is 11.1 Å². The van der Waals surface area contributed by atoms with Gasteiger partial charge in [-0.3, -0.25) is 0 Å². The molecule has 2 rings (SSSR count). The molecule has 1 heterocycles. The summed E-state index contributed by atoms with van der Waals surface area (Å²) in [4.78, 5) is 4.52. The number of nitrogens with two attached hydrogens (primary N) is 1. The van der Waals surface area contributed by atoms with E-state index in [1.165, 1.54) is 0 Å². The Morgan fingerprint density at radius 1 is 1.31 bits per heavy atom. The van der Waals surface area contributed by atoms with Crippen LogP contribution in [0.2, 0.25) is 0 Å². The quantitative estimate of drug-likeness (QED) is 0.789. The second kappa shape index (κ2) is 5.14. The maximum absolute atomic E-state index is 12.6. The van der Waals surface area contributed by atoms with Crippen LogP contribution in [0.5, 0.6) is 11.5 Å². The normalized spacial score (nSPS) is 13.9. The summed E-state index contributed by atoms with van der Waals surface area (Å²) >= 11 is 0. The van der Waals surface area contributed by atoms with Gasteiger partial charge in [0.2, 0.25) is 0 Å². The van der Waals surface area contributed by atoms with E-state index in [1.54, 1.807) is 12.1 Å². The fraction of sp³-hybridized carbons (Fsp3) is 0.455. The molecule has 0 fully saturated rings. The highest BCUT2D eigenvalue weighted by atomic mass is 19.1. The van der Waals surface area contributed by atoms with Gasteiger partial charge in [0.25, 0.3) is 0 Å². The topological polar surface area (TPSA) is 53.7 Å². The smallest absolute Gasteiger partial charge is 0.164 e. The van der Waals surface area contributed by atoms with Crippen molar-refractivity contribution >= 4 is 0 Å². The maximum Gasteiger partial charge on any atom is 0.164 e.